The van der Waals surface area contributed by atoms with Gasteiger partial charge in [0.2, 0.25) is 11.8 Å². The van der Waals surface area contributed by atoms with Crippen LogP contribution in [-0.2, 0) is 24.1 Å². The highest BCUT2D eigenvalue weighted by Gasteiger charge is 2.19. The van der Waals surface area contributed by atoms with Crippen LogP contribution in [-0.4, -0.2) is 64.8 Å². The third kappa shape index (κ3) is 15.3. The van der Waals surface area contributed by atoms with Gasteiger partial charge in [-0.2, -0.15) is 0 Å². The Hall–Kier alpha value is -3.72. The average Bonchev–Trinajstić information content (AvgIpc) is 2.64. The molecule has 1 unspecified atom stereocenters. The summed E-state index contributed by atoms with van der Waals surface area (Å²) < 4.78 is 0. The number of carboxylic acids is 1. The Morgan fingerprint density at radius 3 is 2.00 bits per heavy atom. The molecule has 0 saturated heterocycles. The second-order valence-corrected chi connectivity index (χ2v) is 5.77. The first-order valence-electron chi connectivity index (χ1n) is 8.81. The maximum absolute atomic E-state index is 11.7. The van der Waals surface area contributed by atoms with Crippen molar-refractivity contribution in [1.29, 1.82) is 5.41 Å². The van der Waals surface area contributed by atoms with E-state index in [1.54, 1.807) is 0 Å². The standard InChI is InChI=1S/C14H24N6O10/c15-14(18-12(22)6-3-9-30-20(27)28)16-7-1-4-10(13(23)24)17-11(21)5-2-8-29-19(25)26/h10H,1-9H2,(H,17,21)(H,23,24)(H3,15,16,18,22). The van der Waals surface area contributed by atoms with E-state index in [1.165, 1.54) is 0 Å². The van der Waals surface area contributed by atoms with Crippen LogP contribution in [0.4, 0.5) is 0 Å². The van der Waals surface area contributed by atoms with E-state index in [-0.39, 0.29) is 64.2 Å². The smallest absolute Gasteiger partial charge is 0.326 e. The van der Waals surface area contributed by atoms with Gasteiger partial charge in [0.1, 0.15) is 6.04 Å². The molecule has 0 aliphatic heterocycles. The third-order valence-corrected chi connectivity index (χ3v) is 3.36. The monoisotopic (exact) mass is 436 g/mol. The van der Waals surface area contributed by atoms with Gasteiger partial charge < -0.3 is 25.4 Å². The van der Waals surface area contributed by atoms with E-state index in [0.717, 1.165) is 0 Å². The number of hydrogen-bond donors (Lipinski definition) is 5. The van der Waals surface area contributed by atoms with E-state index in [2.05, 4.69) is 25.6 Å². The first-order chi connectivity index (χ1) is 14.1. The van der Waals surface area contributed by atoms with Crippen molar-refractivity contribution >= 4 is 23.7 Å². The molecule has 0 aliphatic rings. The number of rotatable bonds is 16. The second-order valence-electron chi connectivity index (χ2n) is 5.77. The molecular formula is C14H24N6O10. The average molecular weight is 436 g/mol. The van der Waals surface area contributed by atoms with Crippen molar-refractivity contribution in [2.75, 3.05) is 19.8 Å². The second kappa shape index (κ2) is 15.2. The van der Waals surface area contributed by atoms with Gasteiger partial charge >= 0.3 is 5.97 Å². The molecule has 170 valence electrons. The molecule has 0 bridgehead atoms. The minimum atomic E-state index is -1.26. The van der Waals surface area contributed by atoms with Crippen LogP contribution in [0, 0.1) is 25.6 Å². The fourth-order valence-corrected chi connectivity index (χ4v) is 2.03. The van der Waals surface area contributed by atoms with Crippen molar-refractivity contribution in [1.82, 2.24) is 16.0 Å². The first kappa shape index (κ1) is 26.3. The van der Waals surface area contributed by atoms with Crippen LogP contribution in [0.15, 0.2) is 0 Å². The number of carbonyl (C=O) groups excluding carboxylic acids is 2. The van der Waals surface area contributed by atoms with Crippen LogP contribution < -0.4 is 16.0 Å². The lowest BCUT2D eigenvalue weighted by Gasteiger charge is -2.15. The first-order valence-corrected chi connectivity index (χ1v) is 8.81. The number of carboxylic acid groups (broad SMARTS) is 1. The molecule has 16 nitrogen and oxygen atoms in total. The highest BCUT2D eigenvalue weighted by molar-refractivity contribution is 5.95. The molecule has 0 rings (SSSR count). The van der Waals surface area contributed by atoms with Crippen molar-refractivity contribution in [3.8, 4) is 0 Å². The Balaban J connectivity index is 4.01. The predicted octanol–water partition coefficient (Wildman–Crippen LogP) is -1.05. The molecule has 0 aromatic carbocycles. The summed E-state index contributed by atoms with van der Waals surface area (Å²) in [5.74, 6) is -2.72. The zero-order valence-electron chi connectivity index (χ0n) is 16.0. The molecule has 0 heterocycles. The lowest BCUT2D eigenvalue weighted by Crippen LogP contribution is -2.43. The number of nitrogens with zero attached hydrogens (tertiary/aromatic N) is 2. The number of hydrogen-bond acceptors (Lipinski definition) is 10. The largest absolute Gasteiger partial charge is 0.480 e. The highest BCUT2D eigenvalue weighted by Crippen LogP contribution is 2.00. The van der Waals surface area contributed by atoms with Crippen molar-refractivity contribution in [2.24, 2.45) is 0 Å². The van der Waals surface area contributed by atoms with Gasteiger partial charge in [0.25, 0.3) is 10.2 Å². The Labute approximate surface area is 170 Å². The fraction of sp³-hybridized carbons (Fsp3) is 0.714. The predicted molar refractivity (Wildman–Crippen MR) is 97.0 cm³/mol. The van der Waals surface area contributed by atoms with Crippen LogP contribution in [0.1, 0.15) is 38.5 Å². The van der Waals surface area contributed by atoms with Gasteiger partial charge in [0.15, 0.2) is 5.96 Å². The van der Waals surface area contributed by atoms with E-state index >= 15 is 0 Å². The zero-order chi connectivity index (χ0) is 22.9. The molecule has 2 amide bonds. The van der Waals surface area contributed by atoms with Crippen LogP contribution in [0.3, 0.4) is 0 Å². The van der Waals surface area contributed by atoms with Crippen LogP contribution >= 0.6 is 0 Å². The van der Waals surface area contributed by atoms with Gasteiger partial charge in [-0.15, -0.1) is 20.2 Å². The highest BCUT2D eigenvalue weighted by atomic mass is 17.0. The Morgan fingerprint density at radius 2 is 1.50 bits per heavy atom. The molecule has 0 aromatic heterocycles. The summed E-state index contributed by atoms with van der Waals surface area (Å²) in [6.07, 6.45) is 0.209. The van der Waals surface area contributed by atoms with Crippen LogP contribution in [0.25, 0.3) is 0 Å². The normalized spacial score (nSPS) is 10.9. The molecule has 1 atom stereocenters. The maximum atomic E-state index is 11.7. The van der Waals surface area contributed by atoms with E-state index in [0.29, 0.717) is 0 Å². The van der Waals surface area contributed by atoms with Crippen LogP contribution in [0.5, 0.6) is 0 Å². The molecule has 0 aromatic rings. The summed E-state index contributed by atoms with van der Waals surface area (Å²) in [4.78, 5) is 62.4. The SMILES string of the molecule is N=C(NCCCC(NC(=O)CCCO[N+](=O)[O-])C(=O)O)NC(=O)CCCO[N+](=O)[O-]. The molecule has 16 heteroatoms. The van der Waals surface area contributed by atoms with Crippen molar-refractivity contribution in [2.45, 2.75) is 44.6 Å². The fourth-order valence-electron chi connectivity index (χ4n) is 2.03. The zero-order valence-corrected chi connectivity index (χ0v) is 16.0. The van der Waals surface area contributed by atoms with E-state index in [1.807, 2.05) is 0 Å². The van der Waals surface area contributed by atoms with Crippen molar-refractivity contribution in [3.63, 3.8) is 0 Å². The summed E-state index contributed by atoms with van der Waals surface area (Å²) in [5.41, 5.74) is 0. The van der Waals surface area contributed by atoms with Gasteiger partial charge in [-0.25, -0.2) is 4.79 Å². The molecular weight excluding hydrogens is 412 g/mol. The minimum Gasteiger partial charge on any atom is -0.480 e. The minimum absolute atomic E-state index is 0.0406. The van der Waals surface area contributed by atoms with Crippen LogP contribution in [0.2, 0.25) is 0 Å². The van der Waals surface area contributed by atoms with Gasteiger partial charge in [0, 0.05) is 19.4 Å². The van der Waals surface area contributed by atoms with Gasteiger partial charge in [0.05, 0.1) is 13.2 Å². The molecule has 30 heavy (non-hydrogen) atoms. The summed E-state index contributed by atoms with van der Waals surface area (Å²) in [7, 11) is 0. The van der Waals surface area contributed by atoms with Crippen molar-refractivity contribution in [3.05, 3.63) is 20.2 Å². The Morgan fingerprint density at radius 1 is 0.967 bits per heavy atom. The molecule has 5 N–H and O–H groups in total. The summed E-state index contributed by atoms with van der Waals surface area (Å²) in [6.45, 7) is -0.384. The lowest BCUT2D eigenvalue weighted by molar-refractivity contribution is -0.757. The molecule has 0 spiro atoms. The Kier molecular flexibility index (Phi) is 13.3. The number of amides is 2. The molecule has 0 fully saturated rings. The quantitative estimate of drug-likeness (QED) is 0.0643. The topological polar surface area (TPSA) is 236 Å². The molecule has 0 radical (unpaired) electrons. The van der Waals surface area contributed by atoms with Crippen molar-refractivity contribution < 1.29 is 39.3 Å². The van der Waals surface area contributed by atoms with E-state index in [9.17, 15) is 34.6 Å². The Bertz CT molecular complexity index is 628. The van der Waals surface area contributed by atoms with Gasteiger partial charge in [-0.3, -0.25) is 20.3 Å². The van der Waals surface area contributed by atoms with E-state index < -0.39 is 34.0 Å². The summed E-state index contributed by atoms with van der Waals surface area (Å²) in [5, 5.41) is 41.7. The van der Waals surface area contributed by atoms with Gasteiger partial charge in [-0.1, -0.05) is 0 Å². The number of aliphatic carboxylic acids is 1. The third-order valence-electron chi connectivity index (χ3n) is 3.36. The lowest BCUT2D eigenvalue weighted by atomic mass is 10.1. The number of guanidine groups is 1. The molecule has 0 aliphatic carbocycles. The number of nitrogens with one attached hydrogen (secondary N) is 4. The maximum Gasteiger partial charge on any atom is 0.326 e. The number of carbonyl (C=O) groups is 3. The van der Waals surface area contributed by atoms with E-state index in [4.69, 9.17) is 10.5 Å². The summed E-state index contributed by atoms with van der Waals surface area (Å²) >= 11 is 0. The molecule has 0 saturated carbocycles. The summed E-state index contributed by atoms with van der Waals surface area (Å²) in [6, 6.07) is -1.18. The van der Waals surface area contributed by atoms with Gasteiger partial charge in [-0.05, 0) is 25.7 Å².